The zero-order valence-corrected chi connectivity index (χ0v) is 22.3. The molecular weight excluding hydrogens is 474 g/mol. The van der Waals surface area contributed by atoms with E-state index in [4.69, 9.17) is 4.74 Å². The molecule has 2 aromatic rings. The Morgan fingerprint density at radius 1 is 0.919 bits per heavy atom. The van der Waals surface area contributed by atoms with Crippen molar-refractivity contribution in [2.24, 2.45) is 0 Å². The Hall–Kier alpha value is -3.88. The van der Waals surface area contributed by atoms with E-state index in [-0.39, 0.29) is 13.0 Å². The molecule has 3 amide bonds. The molecule has 9 nitrogen and oxygen atoms in total. The zero-order chi connectivity index (χ0) is 27.6. The lowest BCUT2D eigenvalue weighted by Gasteiger charge is -2.37. The molecule has 9 heteroatoms. The van der Waals surface area contributed by atoms with E-state index >= 15 is 0 Å². The molecule has 2 N–H and O–H groups in total. The summed E-state index contributed by atoms with van der Waals surface area (Å²) < 4.78 is 10.0. The van der Waals surface area contributed by atoms with E-state index in [0.29, 0.717) is 5.56 Å². The van der Waals surface area contributed by atoms with Crippen LogP contribution in [0.4, 0.5) is 4.79 Å². The lowest BCUT2D eigenvalue weighted by atomic mass is 9.99. The van der Waals surface area contributed by atoms with Crippen molar-refractivity contribution in [1.29, 1.82) is 0 Å². The minimum atomic E-state index is -1.06. The predicted molar refractivity (Wildman–Crippen MR) is 139 cm³/mol. The van der Waals surface area contributed by atoms with Gasteiger partial charge in [0.2, 0.25) is 11.8 Å². The van der Waals surface area contributed by atoms with Gasteiger partial charge >= 0.3 is 12.1 Å². The number of hydrogen-bond donors (Lipinski definition) is 2. The van der Waals surface area contributed by atoms with Gasteiger partial charge in [-0.2, -0.15) is 0 Å². The van der Waals surface area contributed by atoms with Crippen LogP contribution in [0.15, 0.2) is 60.7 Å². The summed E-state index contributed by atoms with van der Waals surface area (Å²) in [7, 11) is 1.23. The number of carbonyl (C=O) groups excluding carboxylic acids is 4. The third-order valence-electron chi connectivity index (χ3n) is 5.36. The zero-order valence-electron chi connectivity index (χ0n) is 22.3. The van der Waals surface area contributed by atoms with Gasteiger partial charge in [-0.25, -0.2) is 4.79 Å². The van der Waals surface area contributed by atoms with Crippen LogP contribution in [0.1, 0.15) is 51.8 Å². The second-order valence-corrected chi connectivity index (χ2v) is 9.83. The fraction of sp³-hybridized carbons (Fsp3) is 0.429. The van der Waals surface area contributed by atoms with Crippen molar-refractivity contribution in [3.63, 3.8) is 0 Å². The molecule has 2 unspecified atom stereocenters. The molecule has 0 saturated carbocycles. The number of hydrogen-bond acceptors (Lipinski definition) is 6. The van der Waals surface area contributed by atoms with Crippen LogP contribution in [-0.2, 0) is 30.3 Å². The van der Waals surface area contributed by atoms with Gasteiger partial charge in [0.1, 0.15) is 24.2 Å². The summed E-state index contributed by atoms with van der Waals surface area (Å²) in [5.41, 5.74) is 0.623. The Morgan fingerprint density at radius 2 is 1.49 bits per heavy atom. The second kappa shape index (κ2) is 13.4. The molecule has 2 rings (SSSR count). The predicted octanol–water partition coefficient (Wildman–Crippen LogP) is 3.39. The molecular formula is C28H37N3O6. The third kappa shape index (κ3) is 9.25. The van der Waals surface area contributed by atoms with Gasteiger partial charge in [0.25, 0.3) is 0 Å². The highest BCUT2D eigenvalue weighted by atomic mass is 16.6. The van der Waals surface area contributed by atoms with Gasteiger partial charge in [-0.05, 0) is 45.7 Å². The van der Waals surface area contributed by atoms with Crippen LogP contribution in [0.3, 0.4) is 0 Å². The van der Waals surface area contributed by atoms with E-state index in [2.05, 4.69) is 15.4 Å². The van der Waals surface area contributed by atoms with Crippen molar-refractivity contribution in [2.45, 2.75) is 64.8 Å². The van der Waals surface area contributed by atoms with E-state index in [0.717, 1.165) is 5.56 Å². The first-order valence-electron chi connectivity index (χ1n) is 12.2. The van der Waals surface area contributed by atoms with E-state index in [1.165, 1.54) is 12.0 Å². The minimum absolute atomic E-state index is 0.188. The van der Waals surface area contributed by atoms with Gasteiger partial charge in [-0.15, -0.1) is 0 Å². The van der Waals surface area contributed by atoms with E-state index in [9.17, 15) is 19.2 Å². The lowest BCUT2D eigenvalue weighted by molar-refractivity contribution is -0.146. The molecule has 0 saturated heterocycles. The first kappa shape index (κ1) is 29.4. The first-order valence-corrected chi connectivity index (χ1v) is 12.2. The number of amides is 3. The molecule has 0 aromatic heterocycles. The molecule has 0 spiro atoms. The number of rotatable bonds is 10. The average Bonchev–Trinajstić information content (AvgIpc) is 2.84. The molecule has 0 aliphatic heterocycles. The van der Waals surface area contributed by atoms with Gasteiger partial charge in [-0.1, -0.05) is 60.7 Å². The summed E-state index contributed by atoms with van der Waals surface area (Å²) >= 11 is 0. The van der Waals surface area contributed by atoms with Gasteiger partial charge < -0.3 is 25.0 Å². The maximum atomic E-state index is 14.1. The molecule has 37 heavy (non-hydrogen) atoms. The molecule has 2 atom stereocenters. The maximum Gasteiger partial charge on any atom is 0.408 e. The Bertz CT molecular complexity index is 1050. The van der Waals surface area contributed by atoms with Gasteiger partial charge in [0.15, 0.2) is 0 Å². The number of nitrogens with zero attached hydrogens (tertiary/aromatic N) is 1. The number of ether oxygens (including phenoxy) is 2. The number of nitrogens with one attached hydrogen (secondary N) is 2. The van der Waals surface area contributed by atoms with E-state index < -0.39 is 47.6 Å². The van der Waals surface area contributed by atoms with Crippen LogP contribution >= 0.6 is 0 Å². The van der Waals surface area contributed by atoms with Gasteiger partial charge in [0, 0.05) is 12.5 Å². The summed E-state index contributed by atoms with van der Waals surface area (Å²) in [6.45, 7) is 8.43. The summed E-state index contributed by atoms with van der Waals surface area (Å²) in [6.07, 6.45) is -0.551. The molecule has 0 aliphatic rings. The van der Waals surface area contributed by atoms with E-state index in [1.807, 2.05) is 30.3 Å². The summed E-state index contributed by atoms with van der Waals surface area (Å²) in [6, 6.07) is 15.6. The number of benzene rings is 2. The van der Waals surface area contributed by atoms with Crippen LogP contribution in [0.25, 0.3) is 0 Å². The molecule has 0 fully saturated rings. The van der Waals surface area contributed by atoms with Crippen LogP contribution in [0.5, 0.6) is 0 Å². The third-order valence-corrected chi connectivity index (χ3v) is 5.36. The van der Waals surface area contributed by atoms with Crippen molar-refractivity contribution in [3.8, 4) is 0 Å². The van der Waals surface area contributed by atoms with Crippen molar-refractivity contribution < 1.29 is 28.7 Å². The largest absolute Gasteiger partial charge is 0.468 e. The summed E-state index contributed by atoms with van der Waals surface area (Å²) in [5.74, 6) is -1.63. The molecule has 0 aliphatic carbocycles. The Balaban J connectivity index is 2.47. The SMILES string of the molecule is COC(=O)CNC(=O)C(c1ccccc1)N(C(=O)C(Cc1ccccc1)NC(=O)OC(C)(C)C)C(C)C. The number of esters is 1. The maximum absolute atomic E-state index is 14.1. The topological polar surface area (TPSA) is 114 Å². The molecule has 0 radical (unpaired) electrons. The fourth-order valence-electron chi connectivity index (χ4n) is 3.76. The second-order valence-electron chi connectivity index (χ2n) is 9.83. The van der Waals surface area contributed by atoms with Gasteiger partial charge in [0.05, 0.1) is 7.11 Å². The van der Waals surface area contributed by atoms with Crippen LogP contribution in [0, 0.1) is 0 Å². The van der Waals surface area contributed by atoms with Crippen LogP contribution in [0.2, 0.25) is 0 Å². The average molecular weight is 512 g/mol. The van der Waals surface area contributed by atoms with Gasteiger partial charge in [-0.3, -0.25) is 14.4 Å². The standard InChI is InChI=1S/C28H37N3O6/c1-19(2)31(24(21-15-11-8-12-16-21)25(33)29-18-23(32)36-6)26(34)22(17-20-13-9-7-10-14-20)30-27(35)37-28(3,4)5/h7-16,19,22,24H,17-18H2,1-6H3,(H,29,33)(H,30,35). The minimum Gasteiger partial charge on any atom is -0.468 e. The highest BCUT2D eigenvalue weighted by Gasteiger charge is 2.38. The fourth-order valence-corrected chi connectivity index (χ4v) is 3.76. The summed E-state index contributed by atoms with van der Waals surface area (Å²) in [5, 5.41) is 5.27. The van der Waals surface area contributed by atoms with Crippen molar-refractivity contribution in [3.05, 3.63) is 71.8 Å². The van der Waals surface area contributed by atoms with Crippen molar-refractivity contribution in [2.75, 3.05) is 13.7 Å². The highest BCUT2D eigenvalue weighted by Crippen LogP contribution is 2.25. The Morgan fingerprint density at radius 3 is 2.00 bits per heavy atom. The Labute approximate surface area is 218 Å². The van der Waals surface area contributed by atoms with Crippen LogP contribution < -0.4 is 10.6 Å². The first-order chi connectivity index (χ1) is 17.4. The van der Waals surface area contributed by atoms with Crippen molar-refractivity contribution >= 4 is 23.9 Å². The normalized spacial score (nSPS) is 12.7. The lowest BCUT2D eigenvalue weighted by Crippen LogP contribution is -2.56. The molecule has 0 heterocycles. The number of methoxy groups -OCH3 is 1. The van der Waals surface area contributed by atoms with E-state index in [1.54, 1.807) is 65.0 Å². The smallest absolute Gasteiger partial charge is 0.408 e. The highest BCUT2D eigenvalue weighted by molar-refractivity contribution is 5.93. The molecule has 2 aromatic carbocycles. The molecule has 200 valence electrons. The summed E-state index contributed by atoms with van der Waals surface area (Å²) in [4.78, 5) is 53.3. The molecule has 0 bridgehead atoms. The number of carbonyl (C=O) groups is 4. The number of alkyl carbamates (subject to hydrolysis) is 1. The monoisotopic (exact) mass is 511 g/mol. The van der Waals surface area contributed by atoms with Crippen LogP contribution in [-0.4, -0.2) is 60.1 Å². The van der Waals surface area contributed by atoms with Crippen molar-refractivity contribution in [1.82, 2.24) is 15.5 Å². The quantitative estimate of drug-likeness (QED) is 0.473. The Kier molecular flexibility index (Phi) is 10.7.